The van der Waals surface area contributed by atoms with Gasteiger partial charge in [0.05, 0.1) is 35.0 Å². The summed E-state index contributed by atoms with van der Waals surface area (Å²) in [7, 11) is 3.60. The molecule has 0 bridgehead atoms. The molecule has 0 amide bonds. The fraction of sp³-hybridized carbons (Fsp3) is 0.526. The van der Waals surface area contributed by atoms with Gasteiger partial charge in [-0.05, 0) is 13.8 Å². The van der Waals surface area contributed by atoms with Crippen molar-refractivity contribution in [1.29, 1.82) is 0 Å². The van der Waals surface area contributed by atoms with Crippen LogP contribution in [0.25, 0.3) is 11.0 Å². The minimum absolute atomic E-state index is 0.129. The summed E-state index contributed by atoms with van der Waals surface area (Å²) in [5, 5.41) is 8.51. The molecule has 29 heavy (non-hydrogen) atoms. The van der Waals surface area contributed by atoms with Gasteiger partial charge in [0.2, 0.25) is 11.8 Å². The maximum atomic E-state index is 6.35. The van der Waals surface area contributed by atoms with Crippen LogP contribution >= 0.6 is 11.6 Å². The minimum Gasteiger partial charge on any atom is -0.477 e. The third kappa shape index (κ3) is 4.17. The Morgan fingerprint density at radius 1 is 1.34 bits per heavy atom. The smallest absolute Gasteiger partial charge is 0.232 e. The minimum atomic E-state index is 0.129. The monoisotopic (exact) mass is 419 g/mol. The molecule has 3 aromatic heterocycles. The molecule has 0 saturated carbocycles. The van der Waals surface area contributed by atoms with Gasteiger partial charge < -0.3 is 19.8 Å². The Balaban J connectivity index is 1.56. The average Bonchev–Trinajstić information content (AvgIpc) is 3.39. The molecule has 1 aliphatic heterocycles. The number of nitrogens with one attached hydrogen (secondary N) is 2. The van der Waals surface area contributed by atoms with Crippen molar-refractivity contribution in [3.05, 3.63) is 23.6 Å². The number of H-pyrrole nitrogens is 1. The number of methoxy groups -OCH3 is 1. The Morgan fingerprint density at radius 3 is 2.86 bits per heavy atom. The van der Waals surface area contributed by atoms with Gasteiger partial charge in [-0.2, -0.15) is 15.1 Å². The SMILES string of the molecule is COC1CN(C(C)C)CC1COc1nc(Nc2cnn(C)c2)nc2[nH]cc(Cl)c12. The van der Waals surface area contributed by atoms with Crippen LogP contribution < -0.4 is 10.1 Å². The van der Waals surface area contributed by atoms with Crippen LogP contribution in [0.15, 0.2) is 18.6 Å². The molecule has 156 valence electrons. The number of nitrogens with zero attached hydrogens (tertiary/aromatic N) is 5. The van der Waals surface area contributed by atoms with Crippen molar-refractivity contribution >= 4 is 34.3 Å². The molecule has 0 aliphatic carbocycles. The number of halogens is 1. The number of aromatic amines is 1. The molecule has 0 spiro atoms. The molecule has 1 fully saturated rings. The van der Waals surface area contributed by atoms with Gasteiger partial charge in [0.15, 0.2) is 0 Å². The molecule has 1 saturated heterocycles. The lowest BCUT2D eigenvalue weighted by atomic mass is 10.1. The molecule has 9 nitrogen and oxygen atoms in total. The molecular formula is C19H26ClN7O2. The van der Waals surface area contributed by atoms with E-state index in [1.807, 2.05) is 13.2 Å². The van der Waals surface area contributed by atoms with Gasteiger partial charge >= 0.3 is 0 Å². The fourth-order valence-corrected chi connectivity index (χ4v) is 3.87. The summed E-state index contributed by atoms with van der Waals surface area (Å²) < 4.78 is 13.6. The van der Waals surface area contributed by atoms with Crippen molar-refractivity contribution in [2.75, 3.05) is 32.1 Å². The van der Waals surface area contributed by atoms with E-state index in [4.69, 9.17) is 21.1 Å². The van der Waals surface area contributed by atoms with E-state index in [1.165, 1.54) is 0 Å². The first-order chi connectivity index (χ1) is 13.9. The van der Waals surface area contributed by atoms with E-state index < -0.39 is 0 Å². The Labute approximate surface area is 174 Å². The quantitative estimate of drug-likeness (QED) is 0.608. The zero-order chi connectivity index (χ0) is 20.5. The lowest BCUT2D eigenvalue weighted by Crippen LogP contribution is -2.29. The Morgan fingerprint density at radius 2 is 2.17 bits per heavy atom. The number of rotatable bonds is 7. The van der Waals surface area contributed by atoms with Crippen molar-refractivity contribution in [2.24, 2.45) is 13.0 Å². The third-order valence-corrected chi connectivity index (χ3v) is 5.59. The normalized spacial score (nSPS) is 20.1. The van der Waals surface area contributed by atoms with E-state index >= 15 is 0 Å². The highest BCUT2D eigenvalue weighted by atomic mass is 35.5. The summed E-state index contributed by atoms with van der Waals surface area (Å²) >= 11 is 6.35. The number of fused-ring (bicyclic) bond motifs is 1. The number of ether oxygens (including phenoxy) is 2. The van der Waals surface area contributed by atoms with Crippen LogP contribution in [0.2, 0.25) is 5.02 Å². The van der Waals surface area contributed by atoms with E-state index in [9.17, 15) is 0 Å². The number of hydrogen-bond acceptors (Lipinski definition) is 7. The van der Waals surface area contributed by atoms with Crippen molar-refractivity contribution in [3.63, 3.8) is 0 Å². The van der Waals surface area contributed by atoms with Gasteiger partial charge in [0.1, 0.15) is 5.65 Å². The number of aryl methyl sites for hydroxylation is 1. The number of likely N-dealkylation sites (tertiary alicyclic amines) is 1. The van der Waals surface area contributed by atoms with Crippen LogP contribution in [-0.2, 0) is 11.8 Å². The number of aromatic nitrogens is 5. The summed E-state index contributed by atoms with van der Waals surface area (Å²) in [4.78, 5) is 14.5. The first-order valence-electron chi connectivity index (χ1n) is 9.64. The number of anilines is 2. The maximum absolute atomic E-state index is 6.35. The van der Waals surface area contributed by atoms with Gasteiger partial charge in [-0.1, -0.05) is 11.6 Å². The van der Waals surface area contributed by atoms with Gasteiger partial charge in [-0.15, -0.1) is 0 Å². The second-order valence-electron chi connectivity index (χ2n) is 7.63. The zero-order valence-electron chi connectivity index (χ0n) is 17.0. The van der Waals surface area contributed by atoms with E-state index in [0.717, 1.165) is 18.8 Å². The second kappa shape index (κ2) is 8.17. The predicted molar refractivity (Wildman–Crippen MR) is 112 cm³/mol. The summed E-state index contributed by atoms with van der Waals surface area (Å²) in [6.45, 7) is 6.70. The topological polar surface area (TPSA) is 93.1 Å². The molecule has 2 unspecified atom stereocenters. The lowest BCUT2D eigenvalue weighted by molar-refractivity contribution is 0.0593. The first-order valence-corrected chi connectivity index (χ1v) is 10.0. The average molecular weight is 420 g/mol. The largest absolute Gasteiger partial charge is 0.477 e. The van der Waals surface area contributed by atoms with Crippen LogP contribution in [0, 0.1) is 5.92 Å². The van der Waals surface area contributed by atoms with E-state index in [-0.39, 0.29) is 12.0 Å². The first kappa shape index (κ1) is 19.9. The van der Waals surface area contributed by atoms with Crippen LogP contribution in [0.4, 0.5) is 11.6 Å². The summed E-state index contributed by atoms with van der Waals surface area (Å²) in [5.41, 5.74) is 1.41. The Bertz CT molecular complexity index is 986. The summed E-state index contributed by atoms with van der Waals surface area (Å²) in [6.07, 6.45) is 5.37. The Kier molecular flexibility index (Phi) is 5.62. The lowest BCUT2D eigenvalue weighted by Gasteiger charge is -2.19. The maximum Gasteiger partial charge on any atom is 0.232 e. The molecule has 10 heteroatoms. The van der Waals surface area contributed by atoms with Crippen molar-refractivity contribution in [1.82, 2.24) is 29.6 Å². The van der Waals surface area contributed by atoms with Gasteiger partial charge in [-0.3, -0.25) is 9.58 Å². The van der Waals surface area contributed by atoms with E-state index in [2.05, 4.69) is 44.1 Å². The highest BCUT2D eigenvalue weighted by Gasteiger charge is 2.34. The number of hydrogen-bond donors (Lipinski definition) is 2. The molecule has 1 aliphatic rings. The molecule has 0 aromatic carbocycles. The second-order valence-corrected chi connectivity index (χ2v) is 8.04. The van der Waals surface area contributed by atoms with Crippen molar-refractivity contribution in [2.45, 2.75) is 26.0 Å². The fourth-order valence-electron chi connectivity index (χ4n) is 3.65. The third-order valence-electron chi connectivity index (χ3n) is 5.29. The molecule has 3 aromatic rings. The molecule has 4 rings (SSSR count). The van der Waals surface area contributed by atoms with Crippen LogP contribution in [-0.4, -0.2) is 68.6 Å². The van der Waals surface area contributed by atoms with E-state index in [0.29, 0.717) is 40.5 Å². The molecule has 4 heterocycles. The molecule has 2 N–H and O–H groups in total. The van der Waals surface area contributed by atoms with E-state index in [1.54, 1.807) is 24.2 Å². The standard InChI is InChI=1S/C19H26ClN7O2/c1-11(2)27-7-12(15(9-27)28-4)10-29-18-16-14(20)6-21-17(16)24-19(25-18)23-13-5-22-26(3)8-13/h5-6,8,11-12,15H,7,9-10H2,1-4H3,(H2,21,23,24,25). The van der Waals surface area contributed by atoms with Gasteiger partial charge in [0.25, 0.3) is 0 Å². The predicted octanol–water partition coefficient (Wildman–Crippen LogP) is 2.82. The zero-order valence-corrected chi connectivity index (χ0v) is 17.8. The van der Waals surface area contributed by atoms with Crippen molar-refractivity contribution in [3.8, 4) is 5.88 Å². The van der Waals surface area contributed by atoms with Gasteiger partial charge in [0, 0.05) is 51.6 Å². The highest BCUT2D eigenvalue weighted by molar-refractivity contribution is 6.35. The molecular weight excluding hydrogens is 394 g/mol. The Hall–Kier alpha value is -2.36. The van der Waals surface area contributed by atoms with Crippen molar-refractivity contribution < 1.29 is 9.47 Å². The highest BCUT2D eigenvalue weighted by Crippen LogP contribution is 2.32. The van der Waals surface area contributed by atoms with Gasteiger partial charge in [-0.25, -0.2) is 0 Å². The summed E-state index contributed by atoms with van der Waals surface area (Å²) in [6, 6.07) is 0.470. The molecule has 2 atom stereocenters. The van der Waals surface area contributed by atoms with Crippen LogP contribution in [0.5, 0.6) is 5.88 Å². The van der Waals surface area contributed by atoms with Crippen LogP contribution in [0.3, 0.4) is 0 Å². The van der Waals surface area contributed by atoms with Crippen LogP contribution in [0.1, 0.15) is 13.8 Å². The molecule has 0 radical (unpaired) electrons. The summed E-state index contributed by atoms with van der Waals surface area (Å²) in [5.74, 6) is 1.11.